The summed E-state index contributed by atoms with van der Waals surface area (Å²) < 4.78 is 12.4. The van der Waals surface area contributed by atoms with Crippen LogP contribution in [-0.2, 0) is 4.79 Å². The van der Waals surface area contributed by atoms with Gasteiger partial charge in [0.05, 0.1) is 31.8 Å². The summed E-state index contributed by atoms with van der Waals surface area (Å²) in [5.41, 5.74) is 4.21. The van der Waals surface area contributed by atoms with Gasteiger partial charge in [-0.15, -0.1) is 5.10 Å². The Morgan fingerprint density at radius 2 is 1.85 bits per heavy atom. The Bertz CT molecular complexity index is 1340. The van der Waals surface area contributed by atoms with Crippen molar-refractivity contribution in [1.29, 1.82) is 0 Å². The third-order valence-corrected chi connectivity index (χ3v) is 5.72. The molecule has 9 heteroatoms. The normalized spacial score (nSPS) is 15.0. The van der Waals surface area contributed by atoms with Crippen molar-refractivity contribution in [3.05, 3.63) is 71.5 Å². The van der Waals surface area contributed by atoms with Crippen molar-refractivity contribution < 1.29 is 14.3 Å². The summed E-state index contributed by atoms with van der Waals surface area (Å²) in [7, 11) is 3.18. The van der Waals surface area contributed by atoms with E-state index in [-0.39, 0.29) is 24.2 Å². The first-order chi connectivity index (χ1) is 16.1. The lowest BCUT2D eigenvalue weighted by molar-refractivity contribution is -0.116. The number of nitrogens with zero attached hydrogens (tertiary/aromatic N) is 5. The second-order valence-corrected chi connectivity index (χ2v) is 7.69. The fraction of sp³-hybridized carbons (Fsp3) is 0.208. The predicted octanol–water partition coefficient (Wildman–Crippen LogP) is 3.52. The van der Waals surface area contributed by atoms with E-state index in [9.17, 15) is 4.79 Å². The van der Waals surface area contributed by atoms with Crippen molar-refractivity contribution in [3.8, 4) is 28.7 Å². The fourth-order valence-electron chi connectivity index (χ4n) is 4.18. The second-order valence-electron chi connectivity index (χ2n) is 7.69. The summed E-state index contributed by atoms with van der Waals surface area (Å²) in [5, 5.41) is 15.9. The van der Waals surface area contributed by atoms with E-state index in [1.807, 2.05) is 55.5 Å². The van der Waals surface area contributed by atoms with Crippen molar-refractivity contribution in [1.82, 2.24) is 25.0 Å². The summed E-state index contributed by atoms with van der Waals surface area (Å²) in [6.45, 7) is 1.91. The fourth-order valence-corrected chi connectivity index (χ4v) is 4.18. The van der Waals surface area contributed by atoms with Gasteiger partial charge in [-0.2, -0.15) is 14.9 Å². The van der Waals surface area contributed by atoms with Crippen molar-refractivity contribution in [2.45, 2.75) is 19.3 Å². The van der Waals surface area contributed by atoms with Crippen molar-refractivity contribution in [3.63, 3.8) is 0 Å². The van der Waals surface area contributed by atoms with Gasteiger partial charge in [0.1, 0.15) is 5.82 Å². The molecule has 1 aliphatic rings. The number of anilines is 1. The lowest BCUT2D eigenvalue weighted by Gasteiger charge is -2.24. The third kappa shape index (κ3) is 3.67. The maximum Gasteiger partial charge on any atom is 0.272 e. The highest BCUT2D eigenvalue weighted by molar-refractivity contribution is 5.95. The van der Waals surface area contributed by atoms with E-state index in [0.717, 1.165) is 22.4 Å². The number of rotatable bonds is 5. The molecule has 0 unspecified atom stereocenters. The number of aromatic nitrogens is 5. The number of fused-ring (bicyclic) bond motifs is 1. The molecule has 33 heavy (non-hydrogen) atoms. The smallest absolute Gasteiger partial charge is 0.272 e. The molecule has 166 valence electrons. The van der Waals surface area contributed by atoms with Crippen LogP contribution in [0.4, 0.5) is 5.82 Å². The van der Waals surface area contributed by atoms with Gasteiger partial charge in [-0.05, 0) is 24.6 Å². The van der Waals surface area contributed by atoms with E-state index >= 15 is 0 Å². The average molecular weight is 442 g/mol. The van der Waals surface area contributed by atoms with E-state index in [0.29, 0.717) is 23.0 Å². The number of aryl methyl sites for hydroxylation is 1. The number of carbonyl (C=O) groups excluding carboxylic acids is 1. The molecule has 2 aromatic carbocycles. The highest BCUT2D eigenvalue weighted by Gasteiger charge is 2.33. The SMILES string of the molecule is COc1ccc([C@H]2CC(=O)Nc3c2c(C)nn3-c2nncc(-c3ccccc3)n2)cc1OC. The van der Waals surface area contributed by atoms with Crippen LogP contribution in [0.15, 0.2) is 54.7 Å². The Hall–Kier alpha value is -4.27. The molecule has 0 aliphatic carbocycles. The van der Waals surface area contributed by atoms with Crippen LogP contribution < -0.4 is 14.8 Å². The molecule has 0 radical (unpaired) electrons. The van der Waals surface area contributed by atoms with Crippen molar-refractivity contribution in [2.75, 3.05) is 19.5 Å². The van der Waals surface area contributed by atoms with Crippen LogP contribution in [0.2, 0.25) is 0 Å². The minimum atomic E-state index is -0.201. The number of hydrogen-bond acceptors (Lipinski definition) is 7. The topological polar surface area (TPSA) is 104 Å². The van der Waals surface area contributed by atoms with E-state index in [2.05, 4.69) is 25.6 Å². The Morgan fingerprint density at radius 1 is 1.06 bits per heavy atom. The van der Waals surface area contributed by atoms with Gasteiger partial charge in [-0.25, -0.2) is 4.98 Å². The molecule has 2 aromatic heterocycles. The molecular formula is C24H22N6O3. The summed E-state index contributed by atoms with van der Waals surface area (Å²) >= 11 is 0. The van der Waals surface area contributed by atoms with Crippen molar-refractivity contribution in [2.24, 2.45) is 0 Å². The number of hydrogen-bond donors (Lipinski definition) is 1. The molecule has 4 aromatic rings. The zero-order chi connectivity index (χ0) is 22.9. The summed E-state index contributed by atoms with van der Waals surface area (Å²) in [6, 6.07) is 15.4. The standard InChI is InChI=1S/C24H22N6O3/c1-14-22-17(16-9-10-19(32-2)20(11-16)33-3)12-21(31)27-23(22)30(29-14)24-26-18(13-25-28-24)15-7-5-4-6-8-15/h4-11,13,17H,12H2,1-3H3,(H,27,31)/t17-/m1/s1. The summed E-state index contributed by atoms with van der Waals surface area (Å²) in [4.78, 5) is 17.4. The molecule has 0 bridgehead atoms. The lowest BCUT2D eigenvalue weighted by Crippen LogP contribution is -2.25. The monoisotopic (exact) mass is 442 g/mol. The molecule has 9 nitrogen and oxygen atoms in total. The first-order valence-corrected chi connectivity index (χ1v) is 10.5. The molecular weight excluding hydrogens is 420 g/mol. The van der Waals surface area contributed by atoms with E-state index in [4.69, 9.17) is 9.47 Å². The molecule has 0 fully saturated rings. The van der Waals surface area contributed by atoms with Crippen molar-refractivity contribution >= 4 is 11.7 Å². The number of amides is 1. The van der Waals surface area contributed by atoms with Gasteiger partial charge in [-0.3, -0.25) is 4.79 Å². The molecule has 1 aliphatic heterocycles. The summed E-state index contributed by atoms with van der Waals surface area (Å²) in [5.74, 6) is 1.76. The highest BCUT2D eigenvalue weighted by Crippen LogP contribution is 2.42. The minimum absolute atomic E-state index is 0.115. The molecule has 5 rings (SSSR count). The molecule has 0 saturated carbocycles. The lowest BCUT2D eigenvalue weighted by atomic mass is 9.85. The van der Waals surface area contributed by atoms with Crippen LogP contribution in [0, 0.1) is 6.92 Å². The Morgan fingerprint density at radius 3 is 2.61 bits per heavy atom. The quantitative estimate of drug-likeness (QED) is 0.504. The second kappa shape index (κ2) is 8.34. The van der Waals surface area contributed by atoms with Gasteiger partial charge in [0.15, 0.2) is 11.5 Å². The maximum absolute atomic E-state index is 12.7. The highest BCUT2D eigenvalue weighted by atomic mass is 16.5. The van der Waals surface area contributed by atoms with Crippen LogP contribution in [-0.4, -0.2) is 45.1 Å². The zero-order valence-corrected chi connectivity index (χ0v) is 18.4. The Labute approximate surface area is 190 Å². The molecule has 0 spiro atoms. The predicted molar refractivity (Wildman–Crippen MR) is 122 cm³/mol. The number of nitrogens with one attached hydrogen (secondary N) is 1. The van der Waals surface area contributed by atoms with Gasteiger partial charge >= 0.3 is 0 Å². The number of ether oxygens (including phenoxy) is 2. The number of carbonyl (C=O) groups is 1. The van der Waals surface area contributed by atoms with Crippen LogP contribution in [0.25, 0.3) is 17.2 Å². The van der Waals surface area contributed by atoms with Gasteiger partial charge in [0.25, 0.3) is 5.95 Å². The van der Waals surface area contributed by atoms with Crippen LogP contribution >= 0.6 is 0 Å². The number of benzene rings is 2. The molecule has 3 heterocycles. The van der Waals surface area contributed by atoms with Crippen LogP contribution in [0.3, 0.4) is 0 Å². The summed E-state index contributed by atoms with van der Waals surface area (Å²) in [6.07, 6.45) is 1.89. The Balaban J connectivity index is 1.61. The molecule has 1 N–H and O–H groups in total. The van der Waals surface area contributed by atoms with Gasteiger partial charge < -0.3 is 14.8 Å². The van der Waals surface area contributed by atoms with Crippen LogP contribution in [0.1, 0.15) is 29.2 Å². The largest absolute Gasteiger partial charge is 0.493 e. The molecule has 0 saturated heterocycles. The van der Waals surface area contributed by atoms with E-state index in [1.54, 1.807) is 25.1 Å². The molecule has 1 amide bonds. The average Bonchev–Trinajstić information content (AvgIpc) is 3.19. The minimum Gasteiger partial charge on any atom is -0.493 e. The van der Waals surface area contributed by atoms with E-state index in [1.165, 1.54) is 0 Å². The first-order valence-electron chi connectivity index (χ1n) is 10.5. The van der Waals surface area contributed by atoms with Gasteiger partial charge in [0.2, 0.25) is 5.91 Å². The number of methoxy groups -OCH3 is 2. The Kier molecular flexibility index (Phi) is 5.21. The first kappa shape index (κ1) is 20.6. The van der Waals surface area contributed by atoms with Gasteiger partial charge in [0, 0.05) is 23.5 Å². The van der Waals surface area contributed by atoms with Crippen LogP contribution in [0.5, 0.6) is 11.5 Å². The maximum atomic E-state index is 12.7. The molecule has 1 atom stereocenters. The third-order valence-electron chi connectivity index (χ3n) is 5.72. The zero-order valence-electron chi connectivity index (χ0n) is 18.4. The van der Waals surface area contributed by atoms with E-state index < -0.39 is 0 Å². The van der Waals surface area contributed by atoms with Gasteiger partial charge in [-0.1, -0.05) is 36.4 Å².